The molecule has 0 aliphatic carbocycles. The molecule has 3 rings (SSSR count). The second kappa shape index (κ2) is 11.2. The van der Waals surface area contributed by atoms with E-state index >= 15 is 0 Å². The van der Waals surface area contributed by atoms with Crippen LogP contribution in [0.5, 0.6) is 5.75 Å². The Morgan fingerprint density at radius 1 is 1.08 bits per heavy atom. The number of carboxylic acid groups (broad SMARTS) is 1. The van der Waals surface area contributed by atoms with Crippen molar-refractivity contribution in [1.82, 2.24) is 20.3 Å². The van der Waals surface area contributed by atoms with Gasteiger partial charge in [0.05, 0.1) is 24.3 Å². The Kier molecular flexibility index (Phi) is 8.49. The van der Waals surface area contributed by atoms with Crippen LogP contribution in [0.2, 0.25) is 0 Å². The van der Waals surface area contributed by atoms with E-state index in [9.17, 15) is 33.1 Å². The third kappa shape index (κ3) is 5.27. The Hall–Kier alpha value is -3.58. The molecule has 3 amide bonds. The minimum atomic E-state index is -4.48. The zero-order chi connectivity index (χ0) is 27.4. The first-order valence-electron chi connectivity index (χ1n) is 11.7. The highest BCUT2D eigenvalue weighted by Crippen LogP contribution is 2.48. The van der Waals surface area contributed by atoms with E-state index in [4.69, 9.17) is 4.74 Å². The lowest BCUT2D eigenvalue weighted by Crippen LogP contribution is -2.56. The molecule has 2 aromatic rings. The van der Waals surface area contributed by atoms with Gasteiger partial charge in [-0.05, 0) is 42.3 Å². The summed E-state index contributed by atoms with van der Waals surface area (Å²) in [6, 6.07) is 8.69. The quantitative estimate of drug-likeness (QED) is 0.277. The molecular formula is C24H32N4O8S. The van der Waals surface area contributed by atoms with Crippen molar-refractivity contribution in [2.75, 3.05) is 33.3 Å². The summed E-state index contributed by atoms with van der Waals surface area (Å²) in [5.41, 5.74) is 1.71. The standard InChI is InChI=1S/C24H32N4O8S/c1-16(2)21(22(30)26-33)24(19-5-4-10-25-19,37(34,35)18-8-6-17(36-3)7-9-18)15-20(29)27-11-13-28(14-12-27)23(31)32/h4-10,16,21,25,33H,11-15H2,1-3H3,(H,26,30)(H,31,32). The third-order valence-corrected chi connectivity index (χ3v) is 9.25. The van der Waals surface area contributed by atoms with Crippen molar-refractivity contribution in [3.8, 4) is 5.75 Å². The largest absolute Gasteiger partial charge is 0.497 e. The maximum Gasteiger partial charge on any atom is 0.407 e. The van der Waals surface area contributed by atoms with Crippen LogP contribution < -0.4 is 10.2 Å². The molecule has 1 saturated heterocycles. The number of nitrogens with zero attached hydrogens (tertiary/aromatic N) is 2. The number of sulfone groups is 1. The number of hydroxylamine groups is 1. The lowest BCUT2D eigenvalue weighted by Gasteiger charge is -2.42. The number of methoxy groups -OCH3 is 1. The van der Waals surface area contributed by atoms with Crippen molar-refractivity contribution < 1.29 is 37.9 Å². The van der Waals surface area contributed by atoms with Gasteiger partial charge in [-0.15, -0.1) is 0 Å². The molecule has 2 heterocycles. The zero-order valence-corrected chi connectivity index (χ0v) is 21.7. The highest BCUT2D eigenvalue weighted by molar-refractivity contribution is 7.92. The lowest BCUT2D eigenvalue weighted by molar-refractivity contribution is -0.139. The number of nitrogens with one attached hydrogen (secondary N) is 2. The number of amides is 3. The molecule has 2 unspecified atom stereocenters. The lowest BCUT2D eigenvalue weighted by atomic mass is 9.77. The van der Waals surface area contributed by atoms with E-state index in [0.29, 0.717) is 5.75 Å². The van der Waals surface area contributed by atoms with Crippen LogP contribution in [0, 0.1) is 11.8 Å². The Balaban J connectivity index is 2.20. The minimum Gasteiger partial charge on any atom is -0.497 e. The number of aromatic amines is 1. The monoisotopic (exact) mass is 536 g/mol. The van der Waals surface area contributed by atoms with Gasteiger partial charge in [-0.3, -0.25) is 14.8 Å². The van der Waals surface area contributed by atoms with Crippen LogP contribution in [0.4, 0.5) is 4.79 Å². The fourth-order valence-corrected chi connectivity index (χ4v) is 7.30. The molecule has 4 N–H and O–H groups in total. The molecular weight excluding hydrogens is 504 g/mol. The molecule has 1 aromatic heterocycles. The van der Waals surface area contributed by atoms with Gasteiger partial charge in [0, 0.05) is 38.1 Å². The summed E-state index contributed by atoms with van der Waals surface area (Å²) in [7, 11) is -3.04. The number of rotatable bonds is 9. The Bertz CT molecular complexity index is 1210. The van der Waals surface area contributed by atoms with E-state index in [-0.39, 0.29) is 36.8 Å². The van der Waals surface area contributed by atoms with Gasteiger partial charge in [-0.25, -0.2) is 18.7 Å². The predicted molar refractivity (Wildman–Crippen MR) is 132 cm³/mol. The number of benzene rings is 1. The first kappa shape index (κ1) is 28.0. The molecule has 2 atom stereocenters. The number of aromatic nitrogens is 1. The van der Waals surface area contributed by atoms with Crippen molar-refractivity contribution in [2.24, 2.45) is 11.8 Å². The van der Waals surface area contributed by atoms with Crippen molar-refractivity contribution >= 4 is 27.7 Å². The first-order valence-corrected chi connectivity index (χ1v) is 13.2. The van der Waals surface area contributed by atoms with Crippen LogP contribution in [-0.4, -0.2) is 84.7 Å². The maximum atomic E-state index is 14.5. The van der Waals surface area contributed by atoms with E-state index in [1.54, 1.807) is 25.4 Å². The average Bonchev–Trinajstić information content (AvgIpc) is 3.43. The molecule has 1 fully saturated rings. The number of piperazine rings is 1. The number of hydrogen-bond donors (Lipinski definition) is 4. The number of hydrogen-bond acceptors (Lipinski definition) is 7. The molecule has 0 radical (unpaired) electrons. The highest BCUT2D eigenvalue weighted by atomic mass is 32.2. The fourth-order valence-electron chi connectivity index (χ4n) is 4.94. The van der Waals surface area contributed by atoms with Crippen LogP contribution >= 0.6 is 0 Å². The predicted octanol–water partition coefficient (Wildman–Crippen LogP) is 1.68. The minimum absolute atomic E-state index is 0.0759. The normalized spacial score (nSPS) is 16.7. The van der Waals surface area contributed by atoms with Gasteiger partial charge in [0.2, 0.25) is 11.8 Å². The van der Waals surface area contributed by atoms with Gasteiger partial charge in [0.25, 0.3) is 0 Å². The molecule has 0 spiro atoms. The smallest absolute Gasteiger partial charge is 0.407 e. The molecule has 1 aromatic carbocycles. The van der Waals surface area contributed by atoms with Gasteiger partial charge >= 0.3 is 6.09 Å². The Morgan fingerprint density at radius 3 is 2.14 bits per heavy atom. The van der Waals surface area contributed by atoms with Crippen molar-refractivity contribution in [2.45, 2.75) is 29.9 Å². The summed E-state index contributed by atoms with van der Waals surface area (Å²) in [6.45, 7) is 3.58. The Morgan fingerprint density at radius 2 is 1.68 bits per heavy atom. The summed E-state index contributed by atoms with van der Waals surface area (Å²) in [6.07, 6.45) is -0.224. The second-order valence-corrected chi connectivity index (χ2v) is 11.4. The van der Waals surface area contributed by atoms with Gasteiger partial charge in [0.15, 0.2) is 9.84 Å². The van der Waals surface area contributed by atoms with Gasteiger partial charge in [-0.1, -0.05) is 13.8 Å². The summed E-state index contributed by atoms with van der Waals surface area (Å²) in [4.78, 5) is 43.4. The first-order chi connectivity index (χ1) is 17.5. The van der Waals surface area contributed by atoms with Gasteiger partial charge in [-0.2, -0.15) is 0 Å². The molecule has 1 aliphatic heterocycles. The van der Waals surface area contributed by atoms with Crippen LogP contribution in [0.25, 0.3) is 0 Å². The third-order valence-electron chi connectivity index (χ3n) is 6.78. The van der Waals surface area contributed by atoms with Crippen molar-refractivity contribution in [3.63, 3.8) is 0 Å². The second-order valence-electron chi connectivity index (χ2n) is 9.18. The van der Waals surface area contributed by atoms with Crippen LogP contribution in [0.3, 0.4) is 0 Å². The summed E-state index contributed by atoms with van der Waals surface area (Å²) in [5.74, 6) is -3.10. The Labute approximate surface area is 215 Å². The number of carbonyl (C=O) groups excluding carboxylic acids is 2. The van der Waals surface area contributed by atoms with E-state index in [1.165, 1.54) is 53.4 Å². The van der Waals surface area contributed by atoms with E-state index < -0.39 is 50.7 Å². The van der Waals surface area contributed by atoms with E-state index in [1.807, 2.05) is 0 Å². The summed E-state index contributed by atoms with van der Waals surface area (Å²) < 4.78 is 32.0. The molecule has 13 heteroatoms. The topological polar surface area (TPSA) is 169 Å². The van der Waals surface area contributed by atoms with E-state index in [0.717, 1.165) is 0 Å². The zero-order valence-electron chi connectivity index (χ0n) is 20.9. The highest BCUT2D eigenvalue weighted by Gasteiger charge is 2.58. The van der Waals surface area contributed by atoms with Crippen LogP contribution in [0.1, 0.15) is 26.0 Å². The molecule has 0 bridgehead atoms. The summed E-state index contributed by atoms with van der Waals surface area (Å²) in [5, 5.41) is 18.8. The van der Waals surface area contributed by atoms with Crippen LogP contribution in [0.15, 0.2) is 47.5 Å². The molecule has 1 aliphatic rings. The molecule has 37 heavy (non-hydrogen) atoms. The SMILES string of the molecule is COc1ccc(S(=O)(=O)C(CC(=O)N2CCN(C(=O)O)CC2)(c2ccc[nH]2)C(C(=O)NO)C(C)C)cc1. The van der Waals surface area contributed by atoms with Gasteiger partial charge in [0.1, 0.15) is 10.5 Å². The number of ether oxygens (including phenoxy) is 1. The number of carbonyl (C=O) groups is 3. The molecule has 202 valence electrons. The molecule has 12 nitrogen and oxygen atoms in total. The van der Waals surface area contributed by atoms with Gasteiger partial charge < -0.3 is 24.6 Å². The number of H-pyrrole nitrogens is 1. The van der Waals surface area contributed by atoms with Crippen LogP contribution in [-0.2, 0) is 24.2 Å². The summed E-state index contributed by atoms with van der Waals surface area (Å²) >= 11 is 0. The average molecular weight is 537 g/mol. The van der Waals surface area contributed by atoms with E-state index in [2.05, 4.69) is 4.98 Å². The fraction of sp³-hybridized carbons (Fsp3) is 0.458. The molecule has 0 saturated carbocycles. The van der Waals surface area contributed by atoms with Crippen molar-refractivity contribution in [1.29, 1.82) is 0 Å². The maximum absolute atomic E-state index is 14.5. The van der Waals surface area contributed by atoms with Crippen molar-refractivity contribution in [3.05, 3.63) is 48.3 Å².